The number of ether oxygens (including phenoxy) is 1. The third kappa shape index (κ3) is 6.41. The molecule has 0 bridgehead atoms. The third-order valence-electron chi connectivity index (χ3n) is 3.73. The molecule has 3 nitrogen and oxygen atoms in total. The average Bonchev–Trinajstić information content (AvgIpc) is 3.21. The number of rotatable bonds is 5. The summed E-state index contributed by atoms with van der Waals surface area (Å²) >= 11 is 0. The topological polar surface area (TPSA) is 35.0 Å². The van der Waals surface area contributed by atoms with Gasteiger partial charge in [0, 0.05) is 38.3 Å². The second kappa shape index (κ2) is 12.6. The second-order valence-corrected chi connectivity index (χ2v) is 5.40. The van der Waals surface area contributed by atoms with Crippen LogP contribution in [0.2, 0.25) is 0 Å². The molecule has 1 aliphatic heterocycles. The SMILES string of the molecule is C=[C-]/C(=C1\CC=C(C=C)O1)c1ccccn1.C=[C-]/C(=C\C)c1ccccn1.[Ir]. The summed E-state index contributed by atoms with van der Waals surface area (Å²) in [6, 6.07) is 11.5. The van der Waals surface area contributed by atoms with Crippen LogP contribution in [-0.4, -0.2) is 9.97 Å². The van der Waals surface area contributed by atoms with Crippen LogP contribution >= 0.6 is 0 Å². The number of allylic oxidation sites excluding steroid dienone is 7. The van der Waals surface area contributed by atoms with Crippen molar-refractivity contribution in [3.63, 3.8) is 0 Å². The van der Waals surface area contributed by atoms with Crippen molar-refractivity contribution in [3.8, 4) is 0 Å². The predicted molar refractivity (Wildman–Crippen MR) is 111 cm³/mol. The molecule has 0 unspecified atom stereocenters. The van der Waals surface area contributed by atoms with Crippen LogP contribution in [0.25, 0.3) is 11.1 Å². The number of aromatic nitrogens is 2. The van der Waals surface area contributed by atoms with E-state index >= 15 is 0 Å². The predicted octanol–water partition coefficient (Wildman–Crippen LogP) is 5.74. The summed E-state index contributed by atoms with van der Waals surface area (Å²) in [7, 11) is 0. The minimum Gasteiger partial charge on any atom is -0.520 e. The summed E-state index contributed by atoms with van der Waals surface area (Å²) in [6.07, 6.45) is 15.5. The van der Waals surface area contributed by atoms with E-state index in [-0.39, 0.29) is 20.1 Å². The first-order valence-corrected chi connectivity index (χ1v) is 8.52. The molecule has 145 valence electrons. The number of hydrogen-bond acceptors (Lipinski definition) is 3. The van der Waals surface area contributed by atoms with Gasteiger partial charge in [0.2, 0.25) is 0 Å². The molecule has 0 N–H and O–H groups in total. The molecule has 0 saturated carbocycles. The zero-order valence-corrected chi connectivity index (χ0v) is 18.2. The van der Waals surface area contributed by atoms with Gasteiger partial charge in [-0.15, -0.1) is 5.57 Å². The molecule has 0 fully saturated rings. The zero-order valence-electron chi connectivity index (χ0n) is 15.8. The van der Waals surface area contributed by atoms with Crippen molar-refractivity contribution >= 4 is 11.1 Å². The van der Waals surface area contributed by atoms with Crippen LogP contribution in [0.4, 0.5) is 0 Å². The molecule has 0 saturated heterocycles. The van der Waals surface area contributed by atoms with Crippen molar-refractivity contribution in [2.24, 2.45) is 0 Å². The van der Waals surface area contributed by atoms with Gasteiger partial charge in [-0.1, -0.05) is 37.8 Å². The minimum absolute atomic E-state index is 0. The van der Waals surface area contributed by atoms with Crippen LogP contribution in [0.1, 0.15) is 24.7 Å². The van der Waals surface area contributed by atoms with Crippen LogP contribution in [0.3, 0.4) is 0 Å². The molecule has 2 aromatic rings. The summed E-state index contributed by atoms with van der Waals surface area (Å²) in [5, 5.41) is 0. The molecule has 1 radical (unpaired) electrons. The van der Waals surface area contributed by atoms with E-state index in [2.05, 4.69) is 41.9 Å². The summed E-state index contributed by atoms with van der Waals surface area (Å²) in [5.41, 5.74) is 3.51. The largest absolute Gasteiger partial charge is 0.520 e. The van der Waals surface area contributed by atoms with E-state index in [1.54, 1.807) is 18.5 Å². The maximum Gasteiger partial charge on any atom is 0.105 e. The minimum atomic E-state index is 0. The van der Waals surface area contributed by atoms with Gasteiger partial charge in [-0.05, 0) is 42.1 Å². The van der Waals surface area contributed by atoms with Gasteiger partial charge in [-0.25, -0.2) is 0 Å². The van der Waals surface area contributed by atoms with Crippen molar-refractivity contribution in [3.05, 3.63) is 122 Å². The van der Waals surface area contributed by atoms with Gasteiger partial charge in [0.1, 0.15) is 5.76 Å². The van der Waals surface area contributed by atoms with E-state index in [0.29, 0.717) is 0 Å². The molecule has 0 aromatic carbocycles. The van der Waals surface area contributed by atoms with Gasteiger partial charge in [-0.2, -0.15) is 37.0 Å². The van der Waals surface area contributed by atoms with Gasteiger partial charge in [0.25, 0.3) is 0 Å². The van der Waals surface area contributed by atoms with Crippen LogP contribution in [-0.2, 0) is 24.8 Å². The van der Waals surface area contributed by atoms with Crippen LogP contribution < -0.4 is 0 Å². The van der Waals surface area contributed by atoms with Crippen LogP contribution in [0.15, 0.2) is 98.3 Å². The molecular formula is C24H22IrN2O-2. The molecular weight excluding hydrogens is 524 g/mol. The van der Waals surface area contributed by atoms with E-state index in [0.717, 1.165) is 40.5 Å². The zero-order chi connectivity index (χ0) is 19.5. The molecule has 0 atom stereocenters. The third-order valence-corrected chi connectivity index (χ3v) is 3.73. The monoisotopic (exact) mass is 547 g/mol. The Hall–Kier alpha value is -2.81. The first-order valence-electron chi connectivity index (χ1n) is 8.52. The summed E-state index contributed by atoms with van der Waals surface area (Å²) in [5.74, 6) is 1.60. The maximum atomic E-state index is 5.60. The van der Waals surface area contributed by atoms with E-state index in [4.69, 9.17) is 4.74 Å². The van der Waals surface area contributed by atoms with Crippen molar-refractivity contribution in [1.29, 1.82) is 0 Å². The molecule has 3 heterocycles. The first kappa shape index (κ1) is 23.2. The molecule has 0 spiro atoms. The molecule has 2 aromatic heterocycles. The molecule has 28 heavy (non-hydrogen) atoms. The molecule has 0 amide bonds. The smallest absolute Gasteiger partial charge is 0.105 e. The van der Waals surface area contributed by atoms with E-state index in [9.17, 15) is 0 Å². The van der Waals surface area contributed by atoms with Gasteiger partial charge in [0.05, 0.1) is 0 Å². The standard InChI is InChI=1S/C14H12NO.C10H10N.Ir/c1-3-11-8-9-14(16-11)12(4-2)13-7-5-6-10-15-13;1-3-9(4-2)10-7-5-6-8-11-10;/h3,5-8,10H,1-2,9H2;4-8H,1H2,2H3;/q2*-1;/b14-12-;9-4+;. The Morgan fingerprint density at radius 3 is 2.11 bits per heavy atom. The average molecular weight is 547 g/mol. The first-order chi connectivity index (χ1) is 13.2. The Labute approximate surface area is 180 Å². The quantitative estimate of drug-likeness (QED) is 0.354. The Bertz CT molecular complexity index is 881. The van der Waals surface area contributed by atoms with Gasteiger partial charge in [0.15, 0.2) is 0 Å². The molecule has 4 heteroatoms. The summed E-state index contributed by atoms with van der Waals surface area (Å²) < 4.78 is 5.60. The normalized spacial score (nSPS) is 14.3. The Morgan fingerprint density at radius 1 is 1.04 bits per heavy atom. The van der Waals surface area contributed by atoms with Gasteiger partial charge >= 0.3 is 0 Å². The van der Waals surface area contributed by atoms with Crippen molar-refractivity contribution < 1.29 is 24.8 Å². The summed E-state index contributed by atoms with van der Waals surface area (Å²) in [6.45, 7) is 12.9. The maximum absolute atomic E-state index is 5.60. The van der Waals surface area contributed by atoms with Crippen molar-refractivity contribution in [1.82, 2.24) is 9.97 Å². The molecule has 0 aliphatic carbocycles. The van der Waals surface area contributed by atoms with Gasteiger partial charge in [-0.3, -0.25) is 0 Å². The van der Waals surface area contributed by atoms with Gasteiger partial charge < -0.3 is 14.7 Å². The number of pyridine rings is 2. The Kier molecular flexibility index (Phi) is 10.4. The fraction of sp³-hybridized carbons (Fsp3) is 0.0833. The Balaban J connectivity index is 0.000000289. The van der Waals surface area contributed by atoms with Crippen molar-refractivity contribution in [2.45, 2.75) is 13.3 Å². The van der Waals surface area contributed by atoms with Crippen LogP contribution in [0.5, 0.6) is 0 Å². The van der Waals surface area contributed by atoms with E-state index < -0.39 is 0 Å². The summed E-state index contributed by atoms with van der Waals surface area (Å²) in [4.78, 5) is 8.41. The van der Waals surface area contributed by atoms with E-state index in [1.807, 2.05) is 55.5 Å². The van der Waals surface area contributed by atoms with E-state index in [1.165, 1.54) is 0 Å². The second-order valence-electron chi connectivity index (χ2n) is 5.40. The fourth-order valence-electron chi connectivity index (χ4n) is 2.40. The van der Waals surface area contributed by atoms with Crippen molar-refractivity contribution in [2.75, 3.05) is 0 Å². The fourth-order valence-corrected chi connectivity index (χ4v) is 2.40. The molecule has 1 aliphatic rings. The Morgan fingerprint density at radius 2 is 1.68 bits per heavy atom. The number of hydrogen-bond donors (Lipinski definition) is 0. The molecule has 3 rings (SSSR count). The number of nitrogens with zero attached hydrogens (tertiary/aromatic N) is 2. The van der Waals surface area contributed by atoms with Crippen LogP contribution in [0, 0.1) is 12.2 Å².